The SMILES string of the molecule is CC(C)N(Cc1ccccc1)S(=O)(=O)CCNC(=O)c1ccccc1. The molecular weight excluding hydrogens is 336 g/mol. The molecule has 0 aliphatic rings. The number of carbonyl (C=O) groups excluding carboxylic acids is 1. The van der Waals surface area contributed by atoms with Crippen molar-refractivity contribution in [2.75, 3.05) is 12.3 Å². The highest BCUT2D eigenvalue weighted by atomic mass is 32.2. The Morgan fingerprint density at radius 3 is 2.12 bits per heavy atom. The molecule has 2 aromatic carbocycles. The van der Waals surface area contributed by atoms with E-state index in [2.05, 4.69) is 5.32 Å². The number of hydrogen-bond donors (Lipinski definition) is 1. The largest absolute Gasteiger partial charge is 0.351 e. The predicted molar refractivity (Wildman–Crippen MR) is 99.7 cm³/mol. The molecule has 0 radical (unpaired) electrons. The molecule has 134 valence electrons. The molecule has 6 heteroatoms. The molecule has 2 aromatic rings. The van der Waals surface area contributed by atoms with Crippen molar-refractivity contribution in [1.82, 2.24) is 9.62 Å². The highest BCUT2D eigenvalue weighted by Crippen LogP contribution is 2.13. The summed E-state index contributed by atoms with van der Waals surface area (Å²) in [7, 11) is -3.48. The fourth-order valence-electron chi connectivity index (χ4n) is 2.47. The van der Waals surface area contributed by atoms with Crippen LogP contribution < -0.4 is 5.32 Å². The van der Waals surface area contributed by atoms with Crippen LogP contribution in [0.3, 0.4) is 0 Å². The number of sulfonamides is 1. The average molecular weight is 360 g/mol. The normalized spacial score (nSPS) is 11.7. The summed E-state index contributed by atoms with van der Waals surface area (Å²) in [5, 5.41) is 2.67. The van der Waals surface area contributed by atoms with Gasteiger partial charge in [0.05, 0.1) is 5.75 Å². The van der Waals surface area contributed by atoms with Crippen LogP contribution in [-0.4, -0.2) is 37.0 Å². The first kappa shape index (κ1) is 19.1. The number of carbonyl (C=O) groups is 1. The molecule has 25 heavy (non-hydrogen) atoms. The summed E-state index contributed by atoms with van der Waals surface area (Å²) in [6.07, 6.45) is 0. The third kappa shape index (κ3) is 5.69. The third-order valence-electron chi connectivity index (χ3n) is 3.80. The second kappa shape index (κ2) is 8.78. The van der Waals surface area contributed by atoms with Gasteiger partial charge in [-0.1, -0.05) is 48.5 Å². The summed E-state index contributed by atoms with van der Waals surface area (Å²) in [6.45, 7) is 4.10. The number of benzene rings is 2. The molecule has 0 spiro atoms. The number of amides is 1. The Morgan fingerprint density at radius 1 is 1.00 bits per heavy atom. The topological polar surface area (TPSA) is 66.5 Å². The summed E-state index contributed by atoms with van der Waals surface area (Å²) in [4.78, 5) is 12.0. The third-order valence-corrected chi connectivity index (χ3v) is 5.78. The zero-order chi connectivity index (χ0) is 18.3. The Labute approximate surface area is 149 Å². The smallest absolute Gasteiger partial charge is 0.251 e. The molecule has 1 amide bonds. The lowest BCUT2D eigenvalue weighted by Gasteiger charge is -2.26. The molecule has 5 nitrogen and oxygen atoms in total. The molecule has 2 rings (SSSR count). The van der Waals surface area contributed by atoms with Gasteiger partial charge in [-0.25, -0.2) is 8.42 Å². The standard InChI is InChI=1S/C19H24N2O3S/c1-16(2)21(15-17-9-5-3-6-10-17)25(23,24)14-13-20-19(22)18-11-7-4-8-12-18/h3-12,16H,13-15H2,1-2H3,(H,20,22). The Morgan fingerprint density at radius 2 is 1.56 bits per heavy atom. The summed E-state index contributed by atoms with van der Waals surface area (Å²) in [5.41, 5.74) is 1.46. The zero-order valence-corrected chi connectivity index (χ0v) is 15.4. The van der Waals surface area contributed by atoms with E-state index in [9.17, 15) is 13.2 Å². The van der Waals surface area contributed by atoms with Crippen LogP contribution in [0.1, 0.15) is 29.8 Å². The highest BCUT2D eigenvalue weighted by Gasteiger charge is 2.25. The molecule has 0 heterocycles. The molecule has 0 aromatic heterocycles. The first-order valence-electron chi connectivity index (χ1n) is 8.27. The van der Waals surface area contributed by atoms with Gasteiger partial charge in [0, 0.05) is 24.7 Å². The van der Waals surface area contributed by atoms with Crippen LogP contribution in [0.15, 0.2) is 60.7 Å². The van der Waals surface area contributed by atoms with Crippen molar-refractivity contribution in [3.63, 3.8) is 0 Å². The van der Waals surface area contributed by atoms with E-state index in [-0.39, 0.29) is 24.2 Å². The minimum absolute atomic E-state index is 0.0775. The molecule has 0 aliphatic heterocycles. The lowest BCUT2D eigenvalue weighted by atomic mass is 10.2. The quantitative estimate of drug-likeness (QED) is 0.787. The monoisotopic (exact) mass is 360 g/mol. The van der Waals surface area contributed by atoms with Gasteiger partial charge >= 0.3 is 0 Å². The van der Waals surface area contributed by atoms with E-state index in [0.29, 0.717) is 12.1 Å². The Kier molecular flexibility index (Phi) is 6.73. The number of hydrogen-bond acceptors (Lipinski definition) is 3. The molecule has 1 N–H and O–H groups in total. The first-order valence-corrected chi connectivity index (χ1v) is 9.88. The van der Waals surface area contributed by atoms with Crippen LogP contribution >= 0.6 is 0 Å². The summed E-state index contributed by atoms with van der Waals surface area (Å²) < 4.78 is 26.8. The minimum atomic E-state index is -3.48. The summed E-state index contributed by atoms with van der Waals surface area (Å²) >= 11 is 0. The number of rotatable bonds is 8. The Balaban J connectivity index is 1.97. The zero-order valence-electron chi connectivity index (χ0n) is 14.6. The van der Waals surface area contributed by atoms with E-state index >= 15 is 0 Å². The van der Waals surface area contributed by atoms with Crippen LogP contribution in [0.25, 0.3) is 0 Å². The van der Waals surface area contributed by atoms with Crippen LogP contribution in [0.5, 0.6) is 0 Å². The van der Waals surface area contributed by atoms with E-state index in [4.69, 9.17) is 0 Å². The molecule has 0 unspecified atom stereocenters. The minimum Gasteiger partial charge on any atom is -0.351 e. The van der Waals surface area contributed by atoms with E-state index in [0.717, 1.165) is 5.56 Å². The van der Waals surface area contributed by atoms with E-state index in [1.165, 1.54) is 4.31 Å². The van der Waals surface area contributed by atoms with E-state index < -0.39 is 10.0 Å². The molecule has 0 aliphatic carbocycles. The van der Waals surface area contributed by atoms with Crippen molar-refractivity contribution in [3.05, 3.63) is 71.8 Å². The fourth-order valence-corrected chi connectivity index (χ4v) is 4.05. The van der Waals surface area contributed by atoms with Gasteiger partial charge < -0.3 is 5.32 Å². The van der Waals surface area contributed by atoms with Crippen LogP contribution in [-0.2, 0) is 16.6 Å². The van der Waals surface area contributed by atoms with Crippen molar-refractivity contribution in [2.24, 2.45) is 0 Å². The van der Waals surface area contributed by atoms with E-state index in [1.807, 2.05) is 50.2 Å². The van der Waals surface area contributed by atoms with Crippen molar-refractivity contribution < 1.29 is 13.2 Å². The predicted octanol–water partition coefficient (Wildman–Crippen LogP) is 2.66. The Bertz CT molecular complexity index is 775. The van der Waals surface area contributed by atoms with E-state index in [1.54, 1.807) is 24.3 Å². The Hall–Kier alpha value is -2.18. The lowest BCUT2D eigenvalue weighted by Crippen LogP contribution is -2.41. The van der Waals surface area contributed by atoms with Crippen LogP contribution in [0, 0.1) is 0 Å². The molecular formula is C19H24N2O3S. The van der Waals surface area contributed by atoms with Gasteiger partial charge in [0.1, 0.15) is 0 Å². The molecule has 0 atom stereocenters. The average Bonchev–Trinajstić information content (AvgIpc) is 2.60. The highest BCUT2D eigenvalue weighted by molar-refractivity contribution is 7.89. The van der Waals surface area contributed by atoms with Crippen molar-refractivity contribution in [2.45, 2.75) is 26.4 Å². The maximum atomic E-state index is 12.7. The van der Waals surface area contributed by atoms with Gasteiger partial charge in [-0.15, -0.1) is 0 Å². The fraction of sp³-hybridized carbons (Fsp3) is 0.316. The summed E-state index contributed by atoms with van der Waals surface area (Å²) in [5.74, 6) is -0.397. The second-order valence-corrected chi connectivity index (χ2v) is 8.10. The lowest BCUT2D eigenvalue weighted by molar-refractivity contribution is 0.0956. The van der Waals surface area contributed by atoms with Gasteiger partial charge in [0.25, 0.3) is 5.91 Å². The molecule has 0 saturated carbocycles. The van der Waals surface area contributed by atoms with Crippen molar-refractivity contribution in [1.29, 1.82) is 0 Å². The van der Waals surface area contributed by atoms with Gasteiger partial charge in [0.15, 0.2) is 0 Å². The van der Waals surface area contributed by atoms with Gasteiger partial charge in [-0.2, -0.15) is 4.31 Å². The first-order chi connectivity index (χ1) is 11.9. The molecule has 0 fully saturated rings. The maximum absolute atomic E-state index is 12.7. The molecule has 0 bridgehead atoms. The van der Waals surface area contributed by atoms with Crippen LogP contribution in [0.2, 0.25) is 0 Å². The van der Waals surface area contributed by atoms with Gasteiger partial charge in [-0.05, 0) is 31.5 Å². The summed E-state index contributed by atoms with van der Waals surface area (Å²) in [6, 6.07) is 18.1. The number of nitrogens with one attached hydrogen (secondary N) is 1. The number of nitrogens with zero attached hydrogens (tertiary/aromatic N) is 1. The second-order valence-electron chi connectivity index (χ2n) is 6.06. The van der Waals surface area contributed by atoms with Gasteiger partial charge in [-0.3, -0.25) is 4.79 Å². The van der Waals surface area contributed by atoms with Crippen molar-refractivity contribution in [3.8, 4) is 0 Å². The molecule has 0 saturated heterocycles. The maximum Gasteiger partial charge on any atom is 0.251 e. The van der Waals surface area contributed by atoms with Crippen LogP contribution in [0.4, 0.5) is 0 Å². The van der Waals surface area contributed by atoms with Crippen molar-refractivity contribution >= 4 is 15.9 Å². The van der Waals surface area contributed by atoms with Gasteiger partial charge in [0.2, 0.25) is 10.0 Å².